The van der Waals surface area contributed by atoms with Gasteiger partial charge in [0.15, 0.2) is 0 Å². The molecule has 3 rings (SSSR count). The SMILES string of the molecule is CCc1cc(NC2CCCn3ncnc32)nc(C)n1. The highest BCUT2D eigenvalue weighted by Gasteiger charge is 2.22. The molecule has 0 bridgehead atoms. The molecule has 6 nitrogen and oxygen atoms in total. The van der Waals surface area contributed by atoms with Gasteiger partial charge in [0, 0.05) is 18.3 Å². The van der Waals surface area contributed by atoms with Crippen molar-refractivity contribution in [2.24, 2.45) is 0 Å². The van der Waals surface area contributed by atoms with Gasteiger partial charge in [-0.25, -0.2) is 19.6 Å². The number of aryl methyl sites for hydroxylation is 3. The van der Waals surface area contributed by atoms with Crippen molar-refractivity contribution >= 4 is 5.82 Å². The Balaban J connectivity index is 1.85. The van der Waals surface area contributed by atoms with E-state index in [0.717, 1.165) is 49.0 Å². The van der Waals surface area contributed by atoms with Gasteiger partial charge in [-0.3, -0.25) is 0 Å². The number of fused-ring (bicyclic) bond motifs is 1. The summed E-state index contributed by atoms with van der Waals surface area (Å²) in [4.78, 5) is 13.2. The van der Waals surface area contributed by atoms with Gasteiger partial charge in [-0.15, -0.1) is 0 Å². The summed E-state index contributed by atoms with van der Waals surface area (Å²) in [5.41, 5.74) is 1.06. The van der Waals surface area contributed by atoms with Gasteiger partial charge in [-0.2, -0.15) is 5.10 Å². The summed E-state index contributed by atoms with van der Waals surface area (Å²) >= 11 is 0. The summed E-state index contributed by atoms with van der Waals surface area (Å²) in [7, 11) is 0. The second kappa shape index (κ2) is 4.95. The van der Waals surface area contributed by atoms with Crippen molar-refractivity contribution in [1.82, 2.24) is 24.7 Å². The Labute approximate surface area is 112 Å². The first-order valence-electron chi connectivity index (χ1n) is 6.75. The van der Waals surface area contributed by atoms with Crippen LogP contribution in [-0.2, 0) is 13.0 Å². The Kier molecular flexibility index (Phi) is 3.15. The smallest absolute Gasteiger partial charge is 0.149 e. The third-order valence-electron chi connectivity index (χ3n) is 3.40. The molecule has 1 aliphatic heterocycles. The minimum Gasteiger partial charge on any atom is -0.360 e. The normalized spacial score (nSPS) is 18.1. The second-order valence-corrected chi connectivity index (χ2v) is 4.83. The molecule has 0 aliphatic carbocycles. The average molecular weight is 258 g/mol. The predicted molar refractivity (Wildman–Crippen MR) is 71.8 cm³/mol. The molecular formula is C13H18N6. The minimum absolute atomic E-state index is 0.190. The monoisotopic (exact) mass is 258 g/mol. The lowest BCUT2D eigenvalue weighted by Crippen LogP contribution is -2.23. The summed E-state index contributed by atoms with van der Waals surface area (Å²) in [6.45, 7) is 4.98. The molecule has 1 unspecified atom stereocenters. The zero-order chi connectivity index (χ0) is 13.2. The van der Waals surface area contributed by atoms with Crippen LogP contribution >= 0.6 is 0 Å². The first-order valence-corrected chi connectivity index (χ1v) is 6.75. The molecule has 100 valence electrons. The van der Waals surface area contributed by atoms with Crippen LogP contribution in [0.15, 0.2) is 12.4 Å². The van der Waals surface area contributed by atoms with E-state index in [0.29, 0.717) is 0 Å². The van der Waals surface area contributed by atoms with Crippen molar-refractivity contribution in [3.05, 3.63) is 29.7 Å². The van der Waals surface area contributed by atoms with Gasteiger partial charge >= 0.3 is 0 Å². The molecule has 0 fully saturated rings. The van der Waals surface area contributed by atoms with Crippen LogP contribution in [0.3, 0.4) is 0 Å². The average Bonchev–Trinajstić information content (AvgIpc) is 2.87. The maximum atomic E-state index is 4.45. The van der Waals surface area contributed by atoms with E-state index >= 15 is 0 Å². The minimum atomic E-state index is 0.190. The molecule has 1 atom stereocenters. The second-order valence-electron chi connectivity index (χ2n) is 4.83. The molecule has 0 spiro atoms. The van der Waals surface area contributed by atoms with Crippen molar-refractivity contribution in [2.75, 3.05) is 5.32 Å². The van der Waals surface area contributed by atoms with Crippen LogP contribution in [0.1, 0.15) is 43.1 Å². The fourth-order valence-electron chi connectivity index (χ4n) is 2.49. The van der Waals surface area contributed by atoms with E-state index in [4.69, 9.17) is 0 Å². The van der Waals surface area contributed by atoms with Crippen molar-refractivity contribution in [2.45, 2.75) is 45.7 Å². The van der Waals surface area contributed by atoms with Crippen LogP contribution in [0, 0.1) is 6.92 Å². The van der Waals surface area contributed by atoms with Crippen LogP contribution < -0.4 is 5.32 Å². The van der Waals surface area contributed by atoms with E-state index in [-0.39, 0.29) is 6.04 Å². The molecule has 19 heavy (non-hydrogen) atoms. The van der Waals surface area contributed by atoms with Gasteiger partial charge in [0.2, 0.25) is 0 Å². The van der Waals surface area contributed by atoms with Gasteiger partial charge in [0.25, 0.3) is 0 Å². The van der Waals surface area contributed by atoms with E-state index in [1.165, 1.54) is 0 Å². The van der Waals surface area contributed by atoms with Crippen molar-refractivity contribution < 1.29 is 0 Å². The predicted octanol–water partition coefficient (Wildman–Crippen LogP) is 1.89. The summed E-state index contributed by atoms with van der Waals surface area (Å²) in [6.07, 6.45) is 4.71. The molecular weight excluding hydrogens is 240 g/mol. The summed E-state index contributed by atoms with van der Waals surface area (Å²) in [5.74, 6) is 2.69. The Morgan fingerprint density at radius 2 is 2.32 bits per heavy atom. The molecule has 0 radical (unpaired) electrons. The number of hydrogen-bond acceptors (Lipinski definition) is 5. The van der Waals surface area contributed by atoms with Crippen LogP contribution in [0.2, 0.25) is 0 Å². The van der Waals surface area contributed by atoms with E-state index in [1.54, 1.807) is 6.33 Å². The van der Waals surface area contributed by atoms with Crippen molar-refractivity contribution in [3.8, 4) is 0 Å². The summed E-state index contributed by atoms with van der Waals surface area (Å²) in [6, 6.07) is 2.21. The van der Waals surface area contributed by atoms with E-state index in [9.17, 15) is 0 Å². The third-order valence-corrected chi connectivity index (χ3v) is 3.40. The van der Waals surface area contributed by atoms with E-state index < -0.39 is 0 Å². The largest absolute Gasteiger partial charge is 0.360 e. The number of hydrogen-bond donors (Lipinski definition) is 1. The molecule has 2 aromatic rings. The number of anilines is 1. The van der Waals surface area contributed by atoms with Gasteiger partial charge < -0.3 is 5.32 Å². The highest BCUT2D eigenvalue weighted by Crippen LogP contribution is 2.25. The lowest BCUT2D eigenvalue weighted by molar-refractivity contribution is 0.437. The molecule has 1 N–H and O–H groups in total. The maximum Gasteiger partial charge on any atom is 0.149 e. The third kappa shape index (κ3) is 2.43. The van der Waals surface area contributed by atoms with E-state index in [1.807, 2.05) is 17.7 Å². The molecule has 0 amide bonds. The lowest BCUT2D eigenvalue weighted by atomic mass is 10.1. The van der Waals surface area contributed by atoms with Gasteiger partial charge in [0.1, 0.15) is 23.8 Å². The fourth-order valence-corrected chi connectivity index (χ4v) is 2.49. The molecule has 0 saturated carbocycles. The highest BCUT2D eigenvalue weighted by molar-refractivity contribution is 5.38. The van der Waals surface area contributed by atoms with Gasteiger partial charge in [0.05, 0.1) is 6.04 Å². The molecule has 0 saturated heterocycles. The Hall–Kier alpha value is -1.98. The zero-order valence-corrected chi connectivity index (χ0v) is 11.3. The quantitative estimate of drug-likeness (QED) is 0.910. The van der Waals surface area contributed by atoms with Crippen LogP contribution in [0.5, 0.6) is 0 Å². The van der Waals surface area contributed by atoms with Crippen LogP contribution in [-0.4, -0.2) is 24.7 Å². The van der Waals surface area contributed by atoms with Crippen LogP contribution in [0.25, 0.3) is 0 Å². The molecule has 3 heterocycles. The van der Waals surface area contributed by atoms with E-state index in [2.05, 4.69) is 32.3 Å². The summed E-state index contributed by atoms with van der Waals surface area (Å²) in [5, 5.41) is 7.70. The number of aromatic nitrogens is 5. The first kappa shape index (κ1) is 12.1. The topological polar surface area (TPSA) is 68.5 Å². The van der Waals surface area contributed by atoms with Crippen molar-refractivity contribution in [1.29, 1.82) is 0 Å². The lowest BCUT2D eigenvalue weighted by Gasteiger charge is -2.23. The van der Waals surface area contributed by atoms with Crippen molar-refractivity contribution in [3.63, 3.8) is 0 Å². The Bertz CT molecular complexity index is 576. The first-order chi connectivity index (χ1) is 9.26. The molecule has 0 aromatic carbocycles. The Morgan fingerprint density at radius 3 is 3.16 bits per heavy atom. The van der Waals surface area contributed by atoms with Gasteiger partial charge in [-0.05, 0) is 26.2 Å². The number of nitrogens with zero attached hydrogens (tertiary/aromatic N) is 5. The standard InChI is InChI=1S/C13H18N6/c1-3-10-7-12(17-9(2)16-10)18-11-5-4-6-19-13(11)14-8-15-19/h7-8,11H,3-6H2,1-2H3,(H,16,17,18). The highest BCUT2D eigenvalue weighted by atomic mass is 15.3. The summed E-state index contributed by atoms with van der Waals surface area (Å²) < 4.78 is 1.97. The molecule has 6 heteroatoms. The number of nitrogens with one attached hydrogen (secondary N) is 1. The zero-order valence-electron chi connectivity index (χ0n) is 11.3. The molecule has 1 aliphatic rings. The maximum absolute atomic E-state index is 4.45. The van der Waals surface area contributed by atoms with Gasteiger partial charge in [-0.1, -0.05) is 6.92 Å². The number of rotatable bonds is 3. The van der Waals surface area contributed by atoms with Crippen LogP contribution in [0.4, 0.5) is 5.82 Å². The molecule has 2 aromatic heterocycles. The fraction of sp³-hybridized carbons (Fsp3) is 0.538. The Morgan fingerprint density at radius 1 is 1.42 bits per heavy atom.